The number of benzene rings is 1. The smallest absolute Gasteiger partial charge is 0.272 e. The number of hydrogen-bond donors (Lipinski definition) is 1. The van der Waals surface area contributed by atoms with Crippen molar-refractivity contribution in [3.8, 4) is 5.75 Å². The van der Waals surface area contributed by atoms with Gasteiger partial charge in [-0.15, -0.1) is 0 Å². The molecule has 1 amide bonds. The lowest BCUT2D eigenvalue weighted by atomic mass is 10.0. The van der Waals surface area contributed by atoms with Gasteiger partial charge in [0.05, 0.1) is 25.0 Å². The number of rotatable bonds is 8. The molecule has 178 valence electrons. The molecule has 1 aliphatic rings. The number of hydrogen-bond acceptors (Lipinski definition) is 6. The van der Waals surface area contributed by atoms with E-state index in [0.29, 0.717) is 25.3 Å². The van der Waals surface area contributed by atoms with Crippen molar-refractivity contribution in [3.05, 3.63) is 107 Å². The highest BCUT2D eigenvalue weighted by Gasteiger charge is 2.28. The minimum atomic E-state index is -0.170. The summed E-state index contributed by atoms with van der Waals surface area (Å²) in [7, 11) is 1.64. The van der Waals surface area contributed by atoms with E-state index in [0.717, 1.165) is 53.5 Å². The molecular weight excluding hydrogens is 440 g/mol. The van der Waals surface area contributed by atoms with Gasteiger partial charge in [0.2, 0.25) is 0 Å². The largest absolute Gasteiger partial charge is 0.497 e. The number of carbonyl (C=O) groups excluding carboxylic acids is 1. The first-order valence-corrected chi connectivity index (χ1v) is 11.7. The summed E-state index contributed by atoms with van der Waals surface area (Å²) in [6.07, 6.45) is 4.41. The average Bonchev–Trinajstić information content (AvgIpc) is 3.26. The third-order valence-electron chi connectivity index (χ3n) is 6.19. The highest BCUT2D eigenvalue weighted by Crippen LogP contribution is 2.25. The van der Waals surface area contributed by atoms with E-state index >= 15 is 0 Å². The van der Waals surface area contributed by atoms with Crippen LogP contribution in [0.1, 0.15) is 38.7 Å². The number of fused-ring (bicyclic) bond motifs is 1. The first kappa shape index (κ1) is 22.7. The highest BCUT2D eigenvalue weighted by molar-refractivity contribution is 5.94. The molecule has 0 fully saturated rings. The molecule has 0 unspecified atom stereocenters. The number of nitrogens with zero attached hydrogens (tertiary/aromatic N) is 5. The van der Waals surface area contributed by atoms with Gasteiger partial charge in [0, 0.05) is 56.3 Å². The van der Waals surface area contributed by atoms with E-state index in [-0.39, 0.29) is 5.91 Å². The number of ether oxygens (including phenoxy) is 1. The molecular formula is C27H28N6O2. The molecule has 0 atom stereocenters. The summed E-state index contributed by atoms with van der Waals surface area (Å²) in [6.45, 7) is 3.22. The summed E-state index contributed by atoms with van der Waals surface area (Å²) in [5.74, 6) is 0.618. The van der Waals surface area contributed by atoms with Crippen LogP contribution in [0.5, 0.6) is 5.75 Å². The van der Waals surface area contributed by atoms with Crippen molar-refractivity contribution in [1.29, 1.82) is 0 Å². The van der Waals surface area contributed by atoms with Gasteiger partial charge in [-0.3, -0.25) is 24.3 Å². The molecule has 1 aliphatic heterocycles. The van der Waals surface area contributed by atoms with E-state index in [1.807, 2.05) is 71.5 Å². The Morgan fingerprint density at radius 1 is 0.971 bits per heavy atom. The topological polar surface area (TPSA) is 85.2 Å². The first-order valence-electron chi connectivity index (χ1n) is 11.7. The third-order valence-corrected chi connectivity index (χ3v) is 6.19. The van der Waals surface area contributed by atoms with Crippen molar-refractivity contribution in [2.45, 2.75) is 32.6 Å². The molecule has 4 aromatic rings. The average molecular weight is 469 g/mol. The van der Waals surface area contributed by atoms with Gasteiger partial charge < -0.3 is 10.1 Å². The Labute approximate surface area is 204 Å². The zero-order valence-corrected chi connectivity index (χ0v) is 19.7. The van der Waals surface area contributed by atoms with Gasteiger partial charge in [-0.2, -0.15) is 5.10 Å². The molecule has 8 nitrogen and oxygen atoms in total. The van der Waals surface area contributed by atoms with Crippen LogP contribution >= 0.6 is 0 Å². The van der Waals surface area contributed by atoms with Gasteiger partial charge in [-0.25, -0.2) is 0 Å². The van der Waals surface area contributed by atoms with E-state index in [4.69, 9.17) is 9.84 Å². The van der Waals surface area contributed by atoms with Gasteiger partial charge in [-0.05, 0) is 42.0 Å². The van der Waals surface area contributed by atoms with Crippen LogP contribution in [0.25, 0.3) is 0 Å². The van der Waals surface area contributed by atoms with Crippen LogP contribution < -0.4 is 10.1 Å². The van der Waals surface area contributed by atoms with Crippen molar-refractivity contribution in [2.75, 3.05) is 13.7 Å². The molecule has 0 spiro atoms. The van der Waals surface area contributed by atoms with Crippen LogP contribution in [0, 0.1) is 0 Å². The van der Waals surface area contributed by atoms with Crippen LogP contribution in [0.15, 0.2) is 73.1 Å². The lowest BCUT2D eigenvalue weighted by Crippen LogP contribution is -2.32. The van der Waals surface area contributed by atoms with Crippen LogP contribution in [0.2, 0.25) is 0 Å². The Morgan fingerprint density at radius 2 is 1.69 bits per heavy atom. The minimum Gasteiger partial charge on any atom is -0.497 e. The lowest BCUT2D eigenvalue weighted by Gasteiger charge is -2.27. The van der Waals surface area contributed by atoms with Crippen molar-refractivity contribution in [2.24, 2.45) is 0 Å². The first-order chi connectivity index (χ1) is 17.2. The number of carbonyl (C=O) groups is 1. The van der Waals surface area contributed by atoms with E-state index < -0.39 is 0 Å². The number of pyridine rings is 2. The summed E-state index contributed by atoms with van der Waals surface area (Å²) in [4.78, 5) is 24.5. The molecule has 3 aromatic heterocycles. The van der Waals surface area contributed by atoms with Crippen LogP contribution in [0.4, 0.5) is 0 Å². The minimum absolute atomic E-state index is 0.170. The molecule has 1 aromatic carbocycles. The number of nitrogens with one attached hydrogen (secondary N) is 1. The maximum atomic E-state index is 13.3. The molecule has 35 heavy (non-hydrogen) atoms. The number of amides is 1. The van der Waals surface area contributed by atoms with Crippen LogP contribution in [-0.4, -0.2) is 44.2 Å². The summed E-state index contributed by atoms with van der Waals surface area (Å²) in [5, 5.41) is 7.81. The van der Waals surface area contributed by atoms with E-state index in [9.17, 15) is 4.79 Å². The van der Waals surface area contributed by atoms with E-state index in [1.165, 1.54) is 0 Å². The summed E-state index contributed by atoms with van der Waals surface area (Å²) in [6, 6.07) is 19.5. The Balaban J connectivity index is 1.37. The van der Waals surface area contributed by atoms with Crippen molar-refractivity contribution >= 4 is 5.91 Å². The fourth-order valence-electron chi connectivity index (χ4n) is 4.37. The zero-order valence-electron chi connectivity index (χ0n) is 19.7. The summed E-state index contributed by atoms with van der Waals surface area (Å²) in [5.41, 5.74) is 5.49. The maximum absolute atomic E-state index is 13.3. The maximum Gasteiger partial charge on any atom is 0.272 e. The normalized spacial score (nSPS) is 13.3. The predicted molar refractivity (Wildman–Crippen MR) is 132 cm³/mol. The molecule has 0 saturated carbocycles. The van der Waals surface area contributed by atoms with Gasteiger partial charge in [0.1, 0.15) is 5.75 Å². The summed E-state index contributed by atoms with van der Waals surface area (Å²) < 4.78 is 7.16. The molecule has 5 rings (SSSR count). The number of aromatic nitrogens is 4. The fourth-order valence-corrected chi connectivity index (χ4v) is 4.37. The second-order valence-electron chi connectivity index (χ2n) is 8.57. The quantitative estimate of drug-likeness (QED) is 0.427. The van der Waals surface area contributed by atoms with Gasteiger partial charge in [0.25, 0.3) is 5.91 Å². The standard InChI is InChI=1S/C27H28N6O2/c1-35-23-10-8-20(9-11-23)16-30-27(34)26-24-19-32(17-21-6-2-4-13-28-21)15-12-25(24)33(31-26)18-22-7-3-5-14-29-22/h2-11,13-14H,12,15-19H2,1H3,(H,30,34). The Hall–Kier alpha value is -4.04. The van der Waals surface area contributed by atoms with Gasteiger partial charge in [-0.1, -0.05) is 24.3 Å². The van der Waals surface area contributed by atoms with E-state index in [1.54, 1.807) is 13.3 Å². The van der Waals surface area contributed by atoms with Gasteiger partial charge in [0.15, 0.2) is 5.69 Å². The molecule has 0 aliphatic carbocycles. The van der Waals surface area contributed by atoms with Gasteiger partial charge >= 0.3 is 0 Å². The molecule has 0 radical (unpaired) electrons. The fraction of sp³-hybridized carbons (Fsp3) is 0.259. The van der Waals surface area contributed by atoms with E-state index in [2.05, 4.69) is 20.2 Å². The molecule has 1 N–H and O–H groups in total. The van der Waals surface area contributed by atoms with Crippen molar-refractivity contribution < 1.29 is 9.53 Å². The second kappa shape index (κ2) is 10.5. The molecule has 0 saturated heterocycles. The summed E-state index contributed by atoms with van der Waals surface area (Å²) >= 11 is 0. The van der Waals surface area contributed by atoms with Crippen LogP contribution in [-0.2, 0) is 32.6 Å². The molecule has 8 heteroatoms. The Morgan fingerprint density at radius 3 is 2.34 bits per heavy atom. The SMILES string of the molecule is COc1ccc(CNC(=O)c2nn(Cc3ccccn3)c3c2CN(Cc2ccccn2)CC3)cc1. The van der Waals surface area contributed by atoms with Crippen molar-refractivity contribution in [3.63, 3.8) is 0 Å². The van der Waals surface area contributed by atoms with Crippen LogP contribution in [0.3, 0.4) is 0 Å². The van der Waals surface area contributed by atoms with Crippen molar-refractivity contribution in [1.82, 2.24) is 30.0 Å². The number of methoxy groups -OCH3 is 1. The molecule has 4 heterocycles. The predicted octanol–water partition coefficient (Wildman–Crippen LogP) is 3.22. The Bertz CT molecular complexity index is 1270. The Kier molecular flexibility index (Phi) is 6.81. The highest BCUT2D eigenvalue weighted by atomic mass is 16.5. The third kappa shape index (κ3) is 5.38. The second-order valence-corrected chi connectivity index (χ2v) is 8.57. The zero-order chi connectivity index (χ0) is 24.0. The lowest BCUT2D eigenvalue weighted by molar-refractivity contribution is 0.0942. The molecule has 0 bridgehead atoms. The monoisotopic (exact) mass is 468 g/mol.